The molecule has 0 spiro atoms. The van der Waals surface area contributed by atoms with Gasteiger partial charge in [0.2, 0.25) is 11.8 Å². The van der Waals surface area contributed by atoms with Gasteiger partial charge in [0.15, 0.2) is 0 Å². The van der Waals surface area contributed by atoms with Crippen LogP contribution in [0.4, 0.5) is 0 Å². The van der Waals surface area contributed by atoms with Crippen molar-refractivity contribution in [2.75, 3.05) is 13.1 Å². The fraction of sp³-hybridized carbons (Fsp3) is 0.586. The Morgan fingerprint density at radius 2 is 1.77 bits per heavy atom. The van der Waals surface area contributed by atoms with Crippen molar-refractivity contribution >= 4 is 23.4 Å². The Bertz CT molecular complexity index is 972. The van der Waals surface area contributed by atoms with Gasteiger partial charge in [0.25, 0.3) is 0 Å². The van der Waals surface area contributed by atoms with E-state index in [2.05, 4.69) is 23.8 Å². The van der Waals surface area contributed by atoms with E-state index in [0.29, 0.717) is 19.6 Å². The molecule has 0 N–H and O–H groups in total. The largest absolute Gasteiger partial charge is 0.345 e. The molecule has 0 saturated heterocycles. The summed E-state index contributed by atoms with van der Waals surface area (Å²) in [6.07, 6.45) is 9.53. The van der Waals surface area contributed by atoms with E-state index in [9.17, 15) is 9.59 Å². The van der Waals surface area contributed by atoms with E-state index in [0.717, 1.165) is 54.8 Å². The number of halogens is 1. The summed E-state index contributed by atoms with van der Waals surface area (Å²) in [6.45, 7) is 9.89. The molecule has 0 aliphatic heterocycles. The van der Waals surface area contributed by atoms with Gasteiger partial charge >= 0.3 is 0 Å². The summed E-state index contributed by atoms with van der Waals surface area (Å²) in [5, 5.41) is 0.750. The van der Waals surface area contributed by atoms with Crippen LogP contribution in [0.5, 0.6) is 0 Å². The minimum Gasteiger partial charge on any atom is -0.345 e. The van der Waals surface area contributed by atoms with Crippen molar-refractivity contribution in [3.05, 3.63) is 58.9 Å². The third kappa shape index (κ3) is 7.60. The highest BCUT2D eigenvalue weighted by molar-refractivity contribution is 6.31. The molecule has 0 atom stereocenters. The first kappa shape index (κ1) is 27.3. The molecule has 3 rings (SSSR count). The lowest BCUT2D eigenvalue weighted by molar-refractivity contribution is -0.147. The molecule has 1 aromatic heterocycles. The summed E-state index contributed by atoms with van der Waals surface area (Å²) in [7, 11) is 0. The molecule has 2 amide bonds. The van der Waals surface area contributed by atoms with Crippen molar-refractivity contribution < 1.29 is 9.59 Å². The number of unbranched alkanes of at least 4 members (excludes halogenated alkanes) is 1. The molecule has 5 nitrogen and oxygen atoms in total. The molecule has 0 unspecified atom stereocenters. The maximum Gasteiger partial charge on any atom is 0.242 e. The van der Waals surface area contributed by atoms with Gasteiger partial charge in [-0.2, -0.15) is 0 Å². The topological polar surface area (TPSA) is 45.6 Å². The number of amides is 2. The molecule has 1 fully saturated rings. The van der Waals surface area contributed by atoms with E-state index >= 15 is 0 Å². The fourth-order valence-electron chi connectivity index (χ4n) is 4.88. The quantitative estimate of drug-likeness (QED) is 0.373. The van der Waals surface area contributed by atoms with E-state index < -0.39 is 5.41 Å². The van der Waals surface area contributed by atoms with Crippen molar-refractivity contribution in [3.63, 3.8) is 0 Å². The van der Waals surface area contributed by atoms with E-state index in [4.69, 9.17) is 11.6 Å². The summed E-state index contributed by atoms with van der Waals surface area (Å²) in [5.41, 5.74) is 1.64. The lowest BCUT2D eigenvalue weighted by Gasteiger charge is -2.37. The van der Waals surface area contributed by atoms with Crippen molar-refractivity contribution in [1.29, 1.82) is 0 Å². The van der Waals surface area contributed by atoms with Crippen LogP contribution in [-0.4, -0.2) is 45.3 Å². The maximum atomic E-state index is 13.8. The molecule has 2 aromatic rings. The SMILES string of the molecule is CCCCN(CC(=O)N(Cc1cccn1Cc1ccccc1Cl)C1CCCCC1)C(=O)C(C)(C)C. The molecule has 35 heavy (non-hydrogen) atoms. The van der Waals surface area contributed by atoms with E-state index in [1.165, 1.54) is 6.42 Å². The van der Waals surface area contributed by atoms with Gasteiger partial charge in [0.05, 0.1) is 13.1 Å². The van der Waals surface area contributed by atoms with Gasteiger partial charge in [-0.05, 0) is 43.0 Å². The Morgan fingerprint density at radius 1 is 1.06 bits per heavy atom. The standard InChI is InChI=1S/C29H42ClN3O2/c1-5-6-18-32(28(35)29(2,3)4)22-27(34)33(24-14-8-7-9-15-24)21-25-16-12-19-31(25)20-23-13-10-11-17-26(23)30/h10-13,16-17,19,24H,5-9,14-15,18,20-22H2,1-4H3. The van der Waals surface area contributed by atoms with Gasteiger partial charge in [-0.3, -0.25) is 9.59 Å². The zero-order chi connectivity index (χ0) is 25.4. The smallest absolute Gasteiger partial charge is 0.242 e. The Hall–Kier alpha value is -2.27. The minimum atomic E-state index is -0.507. The number of carbonyl (C=O) groups is 2. The van der Waals surface area contributed by atoms with Gasteiger partial charge in [0, 0.05) is 41.5 Å². The molecule has 0 radical (unpaired) electrons. The van der Waals surface area contributed by atoms with Crippen LogP contribution in [-0.2, 0) is 22.7 Å². The maximum absolute atomic E-state index is 13.8. The van der Waals surface area contributed by atoms with Gasteiger partial charge in [-0.1, -0.05) is 83.2 Å². The van der Waals surface area contributed by atoms with Crippen LogP contribution < -0.4 is 0 Å². The lowest BCUT2D eigenvalue weighted by atomic mass is 9.93. The van der Waals surface area contributed by atoms with Crippen molar-refractivity contribution in [2.45, 2.75) is 91.8 Å². The molecular weight excluding hydrogens is 458 g/mol. The van der Waals surface area contributed by atoms with Crippen molar-refractivity contribution in [2.24, 2.45) is 5.41 Å². The summed E-state index contributed by atoms with van der Waals surface area (Å²) < 4.78 is 2.18. The highest BCUT2D eigenvalue weighted by atomic mass is 35.5. The fourth-order valence-corrected chi connectivity index (χ4v) is 5.07. The monoisotopic (exact) mass is 499 g/mol. The first-order chi connectivity index (χ1) is 16.7. The van der Waals surface area contributed by atoms with Gasteiger partial charge in [-0.25, -0.2) is 0 Å². The Kier molecular flexibility index (Phi) is 9.85. The highest BCUT2D eigenvalue weighted by Crippen LogP contribution is 2.26. The number of aromatic nitrogens is 1. The zero-order valence-electron chi connectivity index (χ0n) is 21.9. The first-order valence-electron chi connectivity index (χ1n) is 13.2. The second kappa shape index (κ2) is 12.6. The predicted octanol–water partition coefficient (Wildman–Crippen LogP) is 6.53. The number of rotatable bonds is 10. The number of hydrogen-bond acceptors (Lipinski definition) is 2. The van der Waals surface area contributed by atoms with Crippen LogP contribution in [0.3, 0.4) is 0 Å². The summed E-state index contributed by atoms with van der Waals surface area (Å²) in [4.78, 5) is 30.8. The summed E-state index contributed by atoms with van der Waals surface area (Å²) >= 11 is 6.42. The van der Waals surface area contributed by atoms with Crippen LogP contribution in [0.25, 0.3) is 0 Å². The molecule has 192 valence electrons. The van der Waals surface area contributed by atoms with Crippen LogP contribution in [0, 0.1) is 5.41 Å². The highest BCUT2D eigenvalue weighted by Gasteiger charge is 2.32. The summed E-state index contributed by atoms with van der Waals surface area (Å²) in [6, 6.07) is 12.2. The van der Waals surface area contributed by atoms with Crippen molar-refractivity contribution in [1.82, 2.24) is 14.4 Å². The minimum absolute atomic E-state index is 0.0463. The van der Waals surface area contributed by atoms with Crippen molar-refractivity contribution in [3.8, 4) is 0 Å². The van der Waals surface area contributed by atoms with Gasteiger partial charge < -0.3 is 14.4 Å². The number of hydrogen-bond donors (Lipinski definition) is 0. The third-order valence-corrected chi connectivity index (χ3v) is 7.30. The Balaban J connectivity index is 1.82. The van der Waals surface area contributed by atoms with E-state index in [-0.39, 0.29) is 24.4 Å². The molecular formula is C29H42ClN3O2. The normalized spacial score (nSPS) is 14.7. The van der Waals surface area contributed by atoms with E-state index in [1.807, 2.05) is 56.0 Å². The molecule has 1 saturated carbocycles. The number of benzene rings is 1. The molecule has 1 aliphatic carbocycles. The molecule has 6 heteroatoms. The van der Waals surface area contributed by atoms with E-state index in [1.54, 1.807) is 4.90 Å². The molecule has 1 aromatic carbocycles. The Labute approximate surface area is 216 Å². The lowest BCUT2D eigenvalue weighted by Crippen LogP contribution is -2.49. The second-order valence-corrected chi connectivity index (χ2v) is 11.3. The zero-order valence-corrected chi connectivity index (χ0v) is 22.7. The predicted molar refractivity (Wildman–Crippen MR) is 143 cm³/mol. The van der Waals surface area contributed by atoms with Gasteiger partial charge in [-0.15, -0.1) is 0 Å². The average molecular weight is 500 g/mol. The Morgan fingerprint density at radius 3 is 2.43 bits per heavy atom. The molecule has 0 bridgehead atoms. The number of carbonyl (C=O) groups excluding carboxylic acids is 2. The molecule has 1 aliphatic rings. The third-order valence-electron chi connectivity index (χ3n) is 6.93. The number of nitrogens with zero attached hydrogens (tertiary/aromatic N) is 3. The molecule has 1 heterocycles. The van der Waals surface area contributed by atoms with Crippen LogP contribution >= 0.6 is 11.6 Å². The average Bonchev–Trinajstić information content (AvgIpc) is 3.27. The summed E-state index contributed by atoms with van der Waals surface area (Å²) in [5.74, 6) is 0.0982. The van der Waals surface area contributed by atoms with Crippen LogP contribution in [0.2, 0.25) is 5.02 Å². The van der Waals surface area contributed by atoms with Crippen LogP contribution in [0.1, 0.15) is 83.9 Å². The second-order valence-electron chi connectivity index (χ2n) is 10.9. The van der Waals surface area contributed by atoms with Crippen LogP contribution in [0.15, 0.2) is 42.6 Å². The van der Waals surface area contributed by atoms with Gasteiger partial charge in [0.1, 0.15) is 0 Å². The first-order valence-corrected chi connectivity index (χ1v) is 13.5.